The molecule has 1 aromatic carbocycles. The molecule has 0 aromatic heterocycles. The Kier molecular flexibility index (Phi) is 4.01. The highest BCUT2D eigenvalue weighted by molar-refractivity contribution is 7.90. The first kappa shape index (κ1) is 14.1. The van der Waals surface area contributed by atoms with Crippen molar-refractivity contribution in [1.82, 2.24) is 0 Å². The minimum atomic E-state index is -3.11. The van der Waals surface area contributed by atoms with E-state index in [2.05, 4.69) is 0 Å². The first-order chi connectivity index (χ1) is 8.85. The molecule has 0 saturated carbocycles. The van der Waals surface area contributed by atoms with Crippen molar-refractivity contribution in [2.24, 2.45) is 11.7 Å². The van der Waals surface area contributed by atoms with Crippen LogP contribution in [0.3, 0.4) is 0 Å². The van der Waals surface area contributed by atoms with E-state index in [9.17, 15) is 8.42 Å². The van der Waals surface area contributed by atoms with Gasteiger partial charge in [-0.1, -0.05) is 13.0 Å². The SMILES string of the molecule is CC1COc2ccc(C(N)CS(C)(=O)=O)cc2OC1. The third-order valence-electron chi connectivity index (χ3n) is 2.92. The second-order valence-corrected chi connectivity index (χ2v) is 7.32. The molecule has 0 spiro atoms. The maximum atomic E-state index is 11.3. The normalized spacial score (nSPS) is 20.7. The summed E-state index contributed by atoms with van der Waals surface area (Å²) in [6.45, 7) is 3.24. The molecule has 2 unspecified atom stereocenters. The van der Waals surface area contributed by atoms with Crippen LogP contribution in [0.2, 0.25) is 0 Å². The molecular formula is C13H19NO4S. The van der Waals surface area contributed by atoms with E-state index >= 15 is 0 Å². The molecule has 5 nitrogen and oxygen atoms in total. The lowest BCUT2D eigenvalue weighted by molar-refractivity contribution is 0.228. The summed E-state index contributed by atoms with van der Waals surface area (Å²) in [7, 11) is -3.11. The van der Waals surface area contributed by atoms with Gasteiger partial charge in [0, 0.05) is 18.2 Å². The fourth-order valence-electron chi connectivity index (χ4n) is 1.92. The number of ether oxygens (including phenoxy) is 2. The number of nitrogens with two attached hydrogens (primary N) is 1. The van der Waals surface area contributed by atoms with Gasteiger partial charge in [0.05, 0.1) is 19.0 Å². The topological polar surface area (TPSA) is 78.6 Å². The Bertz CT molecular complexity index is 556. The number of benzene rings is 1. The predicted octanol–water partition coefficient (Wildman–Crippen LogP) is 1.14. The van der Waals surface area contributed by atoms with Crippen LogP contribution in [0.15, 0.2) is 18.2 Å². The second-order valence-electron chi connectivity index (χ2n) is 5.13. The average Bonchev–Trinajstić information content (AvgIpc) is 2.49. The molecule has 0 bridgehead atoms. The van der Waals surface area contributed by atoms with Crippen molar-refractivity contribution in [3.63, 3.8) is 0 Å². The molecule has 0 aliphatic carbocycles. The van der Waals surface area contributed by atoms with Crippen molar-refractivity contribution in [2.75, 3.05) is 25.2 Å². The Labute approximate surface area is 113 Å². The molecule has 1 heterocycles. The van der Waals surface area contributed by atoms with Crippen LogP contribution >= 0.6 is 0 Å². The smallest absolute Gasteiger partial charge is 0.161 e. The van der Waals surface area contributed by atoms with Crippen LogP contribution in [0.1, 0.15) is 18.5 Å². The van der Waals surface area contributed by atoms with Gasteiger partial charge in [-0.15, -0.1) is 0 Å². The summed E-state index contributed by atoms with van der Waals surface area (Å²) >= 11 is 0. The third kappa shape index (κ3) is 3.84. The molecular weight excluding hydrogens is 266 g/mol. The monoisotopic (exact) mass is 285 g/mol. The molecule has 0 fully saturated rings. The van der Waals surface area contributed by atoms with E-state index in [1.807, 2.05) is 6.92 Å². The minimum absolute atomic E-state index is 0.0803. The second kappa shape index (κ2) is 5.38. The van der Waals surface area contributed by atoms with Gasteiger partial charge in [-0.3, -0.25) is 0 Å². The van der Waals surface area contributed by atoms with Crippen molar-refractivity contribution >= 4 is 9.84 Å². The zero-order valence-electron chi connectivity index (χ0n) is 11.1. The zero-order valence-corrected chi connectivity index (χ0v) is 11.9. The van der Waals surface area contributed by atoms with E-state index in [0.29, 0.717) is 30.6 Å². The molecule has 0 radical (unpaired) electrons. The van der Waals surface area contributed by atoms with Gasteiger partial charge in [0.2, 0.25) is 0 Å². The highest BCUT2D eigenvalue weighted by atomic mass is 32.2. The maximum Gasteiger partial charge on any atom is 0.161 e. The van der Waals surface area contributed by atoms with Crippen LogP contribution in [0.25, 0.3) is 0 Å². The molecule has 19 heavy (non-hydrogen) atoms. The van der Waals surface area contributed by atoms with Crippen molar-refractivity contribution in [3.05, 3.63) is 23.8 Å². The van der Waals surface area contributed by atoms with Crippen LogP contribution in [-0.4, -0.2) is 33.6 Å². The summed E-state index contributed by atoms with van der Waals surface area (Å²) in [6, 6.07) is 4.78. The molecule has 1 aliphatic heterocycles. The van der Waals surface area contributed by atoms with Crippen LogP contribution < -0.4 is 15.2 Å². The van der Waals surface area contributed by atoms with Crippen molar-refractivity contribution in [2.45, 2.75) is 13.0 Å². The molecule has 2 N–H and O–H groups in total. The molecule has 1 aliphatic rings. The highest BCUT2D eigenvalue weighted by Gasteiger charge is 2.18. The first-order valence-electron chi connectivity index (χ1n) is 6.18. The van der Waals surface area contributed by atoms with Gasteiger partial charge in [-0.25, -0.2) is 8.42 Å². The summed E-state index contributed by atoms with van der Waals surface area (Å²) in [5, 5.41) is 0. The van der Waals surface area contributed by atoms with Crippen molar-refractivity contribution < 1.29 is 17.9 Å². The van der Waals surface area contributed by atoms with E-state index in [4.69, 9.17) is 15.2 Å². The van der Waals surface area contributed by atoms with E-state index in [0.717, 1.165) is 5.56 Å². The zero-order chi connectivity index (χ0) is 14.0. The Hall–Kier alpha value is -1.27. The predicted molar refractivity (Wildman–Crippen MR) is 73.2 cm³/mol. The van der Waals surface area contributed by atoms with Gasteiger partial charge in [0.15, 0.2) is 11.5 Å². The first-order valence-corrected chi connectivity index (χ1v) is 8.24. The lowest BCUT2D eigenvalue weighted by atomic mass is 10.1. The molecule has 0 saturated heterocycles. The maximum absolute atomic E-state index is 11.3. The van der Waals surface area contributed by atoms with E-state index in [1.54, 1.807) is 18.2 Å². The Morgan fingerprint density at radius 3 is 2.58 bits per heavy atom. The Morgan fingerprint density at radius 1 is 1.32 bits per heavy atom. The summed E-state index contributed by atoms with van der Waals surface area (Å²) in [4.78, 5) is 0. The number of sulfone groups is 1. The number of hydrogen-bond donors (Lipinski definition) is 1. The standard InChI is InChI=1S/C13H19NO4S/c1-9-6-17-12-4-3-10(5-13(12)18-7-9)11(14)8-19(2,15)16/h3-5,9,11H,6-8,14H2,1-2H3. The summed E-state index contributed by atoms with van der Waals surface area (Å²) < 4.78 is 33.8. The number of fused-ring (bicyclic) bond motifs is 1. The van der Waals surface area contributed by atoms with Crippen LogP contribution in [0.4, 0.5) is 0 Å². The lowest BCUT2D eigenvalue weighted by Gasteiger charge is -2.14. The van der Waals surface area contributed by atoms with Crippen LogP contribution in [0.5, 0.6) is 11.5 Å². The Balaban J connectivity index is 2.21. The molecule has 6 heteroatoms. The molecule has 2 atom stereocenters. The van der Waals surface area contributed by atoms with E-state index in [1.165, 1.54) is 6.26 Å². The molecule has 106 valence electrons. The molecule has 0 amide bonds. The van der Waals surface area contributed by atoms with E-state index < -0.39 is 15.9 Å². The number of hydrogen-bond acceptors (Lipinski definition) is 5. The van der Waals surface area contributed by atoms with Gasteiger partial charge < -0.3 is 15.2 Å². The quantitative estimate of drug-likeness (QED) is 0.901. The minimum Gasteiger partial charge on any atom is -0.489 e. The van der Waals surface area contributed by atoms with Gasteiger partial charge in [0.1, 0.15) is 9.84 Å². The van der Waals surface area contributed by atoms with Crippen LogP contribution in [0, 0.1) is 5.92 Å². The largest absolute Gasteiger partial charge is 0.489 e. The number of rotatable bonds is 3. The van der Waals surface area contributed by atoms with Gasteiger partial charge in [-0.05, 0) is 17.7 Å². The van der Waals surface area contributed by atoms with Gasteiger partial charge in [0.25, 0.3) is 0 Å². The highest BCUT2D eigenvalue weighted by Crippen LogP contribution is 2.32. The average molecular weight is 285 g/mol. The summed E-state index contributed by atoms with van der Waals surface area (Å²) in [5.41, 5.74) is 6.64. The fourth-order valence-corrected chi connectivity index (χ4v) is 2.77. The third-order valence-corrected chi connectivity index (χ3v) is 3.89. The molecule has 1 aromatic rings. The van der Waals surface area contributed by atoms with Crippen molar-refractivity contribution in [1.29, 1.82) is 0 Å². The lowest BCUT2D eigenvalue weighted by Crippen LogP contribution is -2.20. The van der Waals surface area contributed by atoms with Crippen LogP contribution in [-0.2, 0) is 9.84 Å². The van der Waals surface area contributed by atoms with Gasteiger partial charge in [-0.2, -0.15) is 0 Å². The fraction of sp³-hybridized carbons (Fsp3) is 0.538. The summed E-state index contributed by atoms with van der Waals surface area (Å²) in [6.07, 6.45) is 1.18. The molecule has 2 rings (SSSR count). The van der Waals surface area contributed by atoms with Crippen molar-refractivity contribution in [3.8, 4) is 11.5 Å². The summed E-state index contributed by atoms with van der Waals surface area (Å²) in [5.74, 6) is 1.55. The van der Waals surface area contributed by atoms with Gasteiger partial charge >= 0.3 is 0 Å². The van der Waals surface area contributed by atoms with E-state index in [-0.39, 0.29) is 5.75 Å². The Morgan fingerprint density at radius 2 is 1.95 bits per heavy atom.